The molecule has 13 heteroatoms. The fourth-order valence-corrected chi connectivity index (χ4v) is 3.50. The van der Waals surface area contributed by atoms with Gasteiger partial charge in [0.15, 0.2) is 0 Å². The molecule has 1 heterocycles. The van der Waals surface area contributed by atoms with E-state index in [4.69, 9.17) is 15.9 Å². The molecular formula is C20H32N4O9. The highest BCUT2D eigenvalue weighted by molar-refractivity contribution is 5.95. The van der Waals surface area contributed by atoms with Crippen LogP contribution in [-0.2, 0) is 28.8 Å². The van der Waals surface area contributed by atoms with E-state index in [0.29, 0.717) is 12.8 Å². The van der Waals surface area contributed by atoms with Crippen LogP contribution >= 0.6 is 0 Å². The molecule has 0 aromatic carbocycles. The molecule has 0 saturated carbocycles. The summed E-state index contributed by atoms with van der Waals surface area (Å²) >= 11 is 0. The molecule has 0 radical (unpaired) electrons. The zero-order valence-electron chi connectivity index (χ0n) is 18.7. The van der Waals surface area contributed by atoms with Gasteiger partial charge in [-0.25, -0.2) is 4.79 Å². The third kappa shape index (κ3) is 8.33. The average molecular weight is 472 g/mol. The molecule has 1 saturated heterocycles. The topological polar surface area (TPSA) is 216 Å². The highest BCUT2D eigenvalue weighted by Gasteiger charge is 2.40. The van der Waals surface area contributed by atoms with Crippen molar-refractivity contribution in [3.05, 3.63) is 0 Å². The first kappa shape index (κ1) is 27.8. The van der Waals surface area contributed by atoms with Gasteiger partial charge < -0.3 is 36.6 Å². The fraction of sp³-hybridized carbons (Fsp3) is 0.700. The maximum Gasteiger partial charge on any atom is 0.326 e. The fourth-order valence-electron chi connectivity index (χ4n) is 3.50. The van der Waals surface area contributed by atoms with Crippen LogP contribution in [0.3, 0.4) is 0 Å². The molecule has 33 heavy (non-hydrogen) atoms. The Morgan fingerprint density at radius 2 is 1.70 bits per heavy atom. The summed E-state index contributed by atoms with van der Waals surface area (Å²) < 4.78 is 0. The summed E-state index contributed by atoms with van der Waals surface area (Å²) in [5, 5.41) is 31.6. The van der Waals surface area contributed by atoms with Crippen LogP contribution < -0.4 is 16.4 Å². The molecule has 0 aliphatic carbocycles. The van der Waals surface area contributed by atoms with Crippen molar-refractivity contribution >= 4 is 35.6 Å². The van der Waals surface area contributed by atoms with Crippen molar-refractivity contribution in [3.63, 3.8) is 0 Å². The van der Waals surface area contributed by atoms with Crippen LogP contribution in [0.1, 0.15) is 52.4 Å². The van der Waals surface area contributed by atoms with Crippen molar-refractivity contribution < 1.29 is 44.1 Å². The van der Waals surface area contributed by atoms with Gasteiger partial charge in [0.1, 0.15) is 18.1 Å². The lowest BCUT2D eigenvalue weighted by Gasteiger charge is -2.32. The van der Waals surface area contributed by atoms with Crippen molar-refractivity contribution in [3.8, 4) is 0 Å². The number of hydrogen-bond acceptors (Lipinski definition) is 7. The number of nitrogens with one attached hydrogen (secondary N) is 2. The van der Waals surface area contributed by atoms with Gasteiger partial charge in [0.05, 0.1) is 12.5 Å². The summed E-state index contributed by atoms with van der Waals surface area (Å²) in [6.45, 7) is 3.71. The van der Waals surface area contributed by atoms with E-state index in [1.807, 2.05) is 0 Å². The Bertz CT molecular complexity index is 773. The summed E-state index contributed by atoms with van der Waals surface area (Å²) in [6.07, 6.45) is -0.160. The van der Waals surface area contributed by atoms with Gasteiger partial charge in [-0.1, -0.05) is 20.3 Å². The van der Waals surface area contributed by atoms with Gasteiger partial charge in [0, 0.05) is 13.0 Å². The second-order valence-corrected chi connectivity index (χ2v) is 8.10. The maximum absolute atomic E-state index is 13.3. The third-order valence-electron chi connectivity index (χ3n) is 5.61. The number of carboxylic acids is 3. The van der Waals surface area contributed by atoms with Gasteiger partial charge >= 0.3 is 17.9 Å². The Balaban J connectivity index is 2.97. The standard InChI is InChI=1S/C20H32N4O9/c1-3-10(2)16(23-17(29)11(21)9-15(27)28)19(31)24-8-4-5-13(24)18(30)22-12(20(32)33)6-7-14(25)26/h10-13,16H,3-9,21H2,1-2H3,(H,22,30)(H,23,29)(H,25,26)(H,27,28)(H,32,33). The summed E-state index contributed by atoms with van der Waals surface area (Å²) in [5.74, 6) is -6.32. The van der Waals surface area contributed by atoms with Crippen LogP contribution in [0.4, 0.5) is 0 Å². The van der Waals surface area contributed by atoms with Gasteiger partial charge in [-0.2, -0.15) is 0 Å². The molecule has 0 aromatic heterocycles. The zero-order chi connectivity index (χ0) is 25.3. The number of aliphatic carboxylic acids is 3. The van der Waals surface area contributed by atoms with Gasteiger partial charge in [0.2, 0.25) is 17.7 Å². The highest BCUT2D eigenvalue weighted by atomic mass is 16.4. The maximum atomic E-state index is 13.3. The molecule has 1 fully saturated rings. The third-order valence-corrected chi connectivity index (χ3v) is 5.61. The first-order valence-corrected chi connectivity index (χ1v) is 10.7. The van der Waals surface area contributed by atoms with Crippen LogP contribution in [0.2, 0.25) is 0 Å². The second-order valence-electron chi connectivity index (χ2n) is 8.10. The number of nitrogens with zero attached hydrogens (tertiary/aromatic N) is 1. The number of carbonyl (C=O) groups is 6. The van der Waals surface area contributed by atoms with Crippen LogP contribution in [0.5, 0.6) is 0 Å². The first-order valence-electron chi connectivity index (χ1n) is 10.7. The van der Waals surface area contributed by atoms with E-state index in [1.165, 1.54) is 4.90 Å². The number of rotatable bonds is 13. The molecule has 0 bridgehead atoms. The Morgan fingerprint density at radius 1 is 1.06 bits per heavy atom. The number of hydrogen-bond donors (Lipinski definition) is 6. The molecule has 5 atom stereocenters. The lowest BCUT2D eigenvalue weighted by molar-refractivity contribution is -0.146. The molecule has 0 aromatic rings. The lowest BCUT2D eigenvalue weighted by Crippen LogP contribution is -2.58. The SMILES string of the molecule is CCC(C)C(NC(=O)C(N)CC(=O)O)C(=O)N1CCCC1C(=O)NC(CCC(=O)O)C(=O)O. The summed E-state index contributed by atoms with van der Waals surface area (Å²) in [6, 6.07) is -4.83. The van der Waals surface area contributed by atoms with Crippen LogP contribution in [0, 0.1) is 5.92 Å². The smallest absolute Gasteiger partial charge is 0.326 e. The Hall–Kier alpha value is -3.22. The molecule has 1 aliphatic heterocycles. The predicted molar refractivity (Wildman–Crippen MR) is 113 cm³/mol. The van der Waals surface area contributed by atoms with Crippen LogP contribution in [0.15, 0.2) is 0 Å². The van der Waals surface area contributed by atoms with Crippen LogP contribution in [0.25, 0.3) is 0 Å². The molecule has 5 unspecified atom stereocenters. The van der Waals surface area contributed by atoms with E-state index >= 15 is 0 Å². The van der Waals surface area contributed by atoms with E-state index in [2.05, 4.69) is 10.6 Å². The molecule has 186 valence electrons. The minimum Gasteiger partial charge on any atom is -0.481 e. The minimum atomic E-state index is -1.43. The van der Waals surface area contributed by atoms with Crippen LogP contribution in [-0.4, -0.2) is 86.6 Å². The number of amides is 3. The van der Waals surface area contributed by atoms with Gasteiger partial charge in [-0.15, -0.1) is 0 Å². The number of likely N-dealkylation sites (tertiary alicyclic amines) is 1. The predicted octanol–water partition coefficient (Wildman–Crippen LogP) is -1.26. The minimum absolute atomic E-state index is 0.202. The molecular weight excluding hydrogens is 440 g/mol. The quantitative estimate of drug-likeness (QED) is 0.187. The van der Waals surface area contributed by atoms with E-state index in [1.54, 1.807) is 13.8 Å². The van der Waals surface area contributed by atoms with Gasteiger partial charge in [-0.3, -0.25) is 24.0 Å². The molecule has 0 spiro atoms. The second kappa shape index (κ2) is 12.7. The van der Waals surface area contributed by atoms with E-state index < -0.39 is 72.6 Å². The van der Waals surface area contributed by atoms with Gasteiger partial charge in [0.25, 0.3) is 0 Å². The molecule has 13 nitrogen and oxygen atoms in total. The van der Waals surface area contributed by atoms with Crippen molar-refractivity contribution in [2.75, 3.05) is 6.54 Å². The number of carboxylic acid groups (broad SMARTS) is 3. The van der Waals surface area contributed by atoms with Crippen molar-refractivity contribution in [1.29, 1.82) is 0 Å². The number of nitrogens with two attached hydrogens (primary N) is 1. The van der Waals surface area contributed by atoms with Gasteiger partial charge in [-0.05, 0) is 25.2 Å². The normalized spacial score (nSPS) is 19.1. The zero-order valence-corrected chi connectivity index (χ0v) is 18.7. The van der Waals surface area contributed by atoms with Crippen molar-refractivity contribution in [2.45, 2.75) is 76.5 Å². The Kier molecular flexibility index (Phi) is 10.7. The Labute approximate surface area is 190 Å². The molecule has 3 amide bonds. The van der Waals surface area contributed by atoms with E-state index in [9.17, 15) is 33.9 Å². The largest absolute Gasteiger partial charge is 0.481 e. The number of carbonyl (C=O) groups excluding carboxylic acids is 3. The molecule has 1 rings (SSSR count). The Morgan fingerprint density at radius 3 is 2.21 bits per heavy atom. The monoisotopic (exact) mass is 472 g/mol. The average Bonchev–Trinajstić information content (AvgIpc) is 3.22. The molecule has 7 N–H and O–H groups in total. The summed E-state index contributed by atoms with van der Waals surface area (Å²) in [5.41, 5.74) is 5.59. The van der Waals surface area contributed by atoms with Crippen molar-refractivity contribution in [1.82, 2.24) is 15.5 Å². The lowest BCUT2D eigenvalue weighted by atomic mass is 9.96. The first-order chi connectivity index (χ1) is 15.4. The van der Waals surface area contributed by atoms with E-state index in [0.717, 1.165) is 0 Å². The van der Waals surface area contributed by atoms with E-state index in [-0.39, 0.29) is 25.3 Å². The highest BCUT2D eigenvalue weighted by Crippen LogP contribution is 2.22. The van der Waals surface area contributed by atoms with Crippen molar-refractivity contribution in [2.24, 2.45) is 11.7 Å². The molecule has 1 aliphatic rings. The summed E-state index contributed by atoms with van der Waals surface area (Å²) in [7, 11) is 0. The summed E-state index contributed by atoms with van der Waals surface area (Å²) in [4.78, 5) is 72.5.